The van der Waals surface area contributed by atoms with Gasteiger partial charge in [-0.25, -0.2) is 9.97 Å². The number of nitrogens with zero attached hydrogens (tertiary/aromatic N) is 2. The van der Waals surface area contributed by atoms with Crippen LogP contribution in [0.2, 0.25) is 5.02 Å². The fourth-order valence-electron chi connectivity index (χ4n) is 2.49. The zero-order valence-corrected chi connectivity index (χ0v) is 16.4. The molecule has 0 bridgehead atoms. The Bertz CT molecular complexity index is 1010. The first kappa shape index (κ1) is 19.4. The van der Waals surface area contributed by atoms with Crippen molar-refractivity contribution in [1.29, 1.82) is 0 Å². The van der Waals surface area contributed by atoms with Crippen molar-refractivity contribution in [2.24, 2.45) is 0 Å². The lowest BCUT2D eigenvalue weighted by Gasteiger charge is -2.12. The fourth-order valence-corrected chi connectivity index (χ4v) is 2.65. The van der Waals surface area contributed by atoms with Crippen molar-refractivity contribution < 1.29 is 14.3 Å². The lowest BCUT2D eigenvalue weighted by atomic mass is 10.2. The van der Waals surface area contributed by atoms with Crippen LogP contribution >= 0.6 is 11.6 Å². The highest BCUT2D eigenvalue weighted by atomic mass is 35.5. The van der Waals surface area contributed by atoms with E-state index >= 15 is 0 Å². The van der Waals surface area contributed by atoms with Gasteiger partial charge in [0.2, 0.25) is 5.95 Å². The number of amides is 1. The maximum absolute atomic E-state index is 12.5. The molecular formula is C20H19ClN4O3. The molecule has 0 unspecified atom stereocenters. The van der Waals surface area contributed by atoms with Crippen molar-refractivity contribution in [3.63, 3.8) is 0 Å². The highest BCUT2D eigenvalue weighted by molar-refractivity contribution is 6.31. The van der Waals surface area contributed by atoms with Gasteiger partial charge in [0, 0.05) is 29.0 Å². The molecule has 0 atom stereocenters. The number of ether oxygens (including phenoxy) is 2. The number of carbonyl (C=O) groups excluding carboxylic acids is 1. The third kappa shape index (κ3) is 4.50. The first-order valence-electron chi connectivity index (χ1n) is 8.39. The number of hydrogen-bond donors (Lipinski definition) is 2. The van der Waals surface area contributed by atoms with Crippen LogP contribution in [0.4, 0.5) is 17.3 Å². The Morgan fingerprint density at radius 2 is 1.93 bits per heavy atom. The second kappa shape index (κ2) is 8.58. The molecule has 7 nitrogen and oxygen atoms in total. The average Bonchev–Trinajstić information content (AvgIpc) is 2.71. The number of carbonyl (C=O) groups is 1. The van der Waals surface area contributed by atoms with Crippen molar-refractivity contribution in [3.8, 4) is 11.5 Å². The van der Waals surface area contributed by atoms with Crippen molar-refractivity contribution in [2.45, 2.75) is 6.92 Å². The predicted octanol–water partition coefficient (Wildman–Crippen LogP) is 4.45. The largest absolute Gasteiger partial charge is 0.497 e. The highest BCUT2D eigenvalue weighted by Crippen LogP contribution is 2.32. The fraction of sp³-hybridized carbons (Fsp3) is 0.150. The molecule has 8 heteroatoms. The van der Waals surface area contributed by atoms with Crippen LogP contribution < -0.4 is 20.1 Å². The van der Waals surface area contributed by atoms with E-state index in [1.165, 1.54) is 12.3 Å². The molecule has 3 rings (SSSR count). The molecule has 2 aromatic carbocycles. The number of benzene rings is 2. The first-order valence-corrected chi connectivity index (χ1v) is 8.77. The Hall–Kier alpha value is -3.32. The molecular weight excluding hydrogens is 380 g/mol. The Labute approximate surface area is 167 Å². The number of aryl methyl sites for hydroxylation is 1. The SMILES string of the molecule is COc1cccc(NC(=O)c2ccnc(Nc3cc(C)c(Cl)cc3OC)n2)c1. The molecule has 3 aromatic rings. The van der Waals surface area contributed by atoms with Crippen molar-refractivity contribution in [1.82, 2.24) is 9.97 Å². The zero-order chi connectivity index (χ0) is 20.1. The molecule has 1 aromatic heterocycles. The standard InChI is InChI=1S/C20H19ClN4O3/c1-12-9-17(18(28-3)11-15(12)21)25-20-22-8-7-16(24-20)19(26)23-13-5-4-6-14(10-13)27-2/h4-11H,1-3H3,(H,23,26)(H,22,24,25). The van der Waals surface area contributed by atoms with Crippen molar-refractivity contribution >= 4 is 34.8 Å². The monoisotopic (exact) mass is 398 g/mol. The molecule has 28 heavy (non-hydrogen) atoms. The maximum atomic E-state index is 12.5. The summed E-state index contributed by atoms with van der Waals surface area (Å²) in [5, 5.41) is 6.44. The summed E-state index contributed by atoms with van der Waals surface area (Å²) in [6.45, 7) is 1.88. The summed E-state index contributed by atoms with van der Waals surface area (Å²) in [7, 11) is 3.11. The normalized spacial score (nSPS) is 10.3. The second-order valence-electron chi connectivity index (χ2n) is 5.88. The summed E-state index contributed by atoms with van der Waals surface area (Å²) < 4.78 is 10.5. The van der Waals surface area contributed by atoms with Crippen molar-refractivity contribution in [2.75, 3.05) is 24.9 Å². The minimum Gasteiger partial charge on any atom is -0.497 e. The van der Waals surface area contributed by atoms with E-state index in [0.29, 0.717) is 27.9 Å². The number of aromatic nitrogens is 2. The Balaban J connectivity index is 1.80. The van der Waals surface area contributed by atoms with Gasteiger partial charge in [0.25, 0.3) is 5.91 Å². The van der Waals surface area contributed by atoms with Crippen LogP contribution in [0.25, 0.3) is 0 Å². The van der Waals surface area contributed by atoms with Crippen LogP contribution in [-0.4, -0.2) is 30.1 Å². The minimum atomic E-state index is -0.363. The van der Waals surface area contributed by atoms with E-state index in [9.17, 15) is 4.79 Å². The van der Waals surface area contributed by atoms with Crippen LogP contribution in [0, 0.1) is 6.92 Å². The van der Waals surface area contributed by atoms with Gasteiger partial charge in [-0.05, 0) is 36.8 Å². The van der Waals surface area contributed by atoms with Crippen LogP contribution in [-0.2, 0) is 0 Å². The van der Waals surface area contributed by atoms with Gasteiger partial charge in [-0.1, -0.05) is 17.7 Å². The number of methoxy groups -OCH3 is 2. The van der Waals surface area contributed by atoms with Gasteiger partial charge in [0.15, 0.2) is 0 Å². The third-order valence-corrected chi connectivity index (χ3v) is 4.35. The van der Waals surface area contributed by atoms with Gasteiger partial charge in [-0.3, -0.25) is 4.79 Å². The molecule has 0 aliphatic carbocycles. The Morgan fingerprint density at radius 1 is 1.11 bits per heavy atom. The van der Waals surface area contributed by atoms with Crippen molar-refractivity contribution in [3.05, 3.63) is 64.9 Å². The summed E-state index contributed by atoms with van der Waals surface area (Å²) in [6, 6.07) is 12.1. The molecule has 0 radical (unpaired) electrons. The van der Waals surface area contributed by atoms with Gasteiger partial charge in [0.1, 0.15) is 17.2 Å². The second-order valence-corrected chi connectivity index (χ2v) is 6.29. The van der Waals surface area contributed by atoms with Gasteiger partial charge < -0.3 is 20.1 Å². The first-order chi connectivity index (χ1) is 13.5. The number of anilines is 3. The molecule has 2 N–H and O–H groups in total. The van der Waals surface area contributed by atoms with Crippen LogP contribution in [0.3, 0.4) is 0 Å². The molecule has 0 spiro atoms. The van der Waals surface area contributed by atoms with Gasteiger partial charge >= 0.3 is 0 Å². The summed E-state index contributed by atoms with van der Waals surface area (Å²) in [4.78, 5) is 21.0. The molecule has 1 amide bonds. The smallest absolute Gasteiger partial charge is 0.274 e. The lowest BCUT2D eigenvalue weighted by Crippen LogP contribution is -2.14. The van der Waals surface area contributed by atoms with E-state index in [0.717, 1.165) is 5.56 Å². The van der Waals surface area contributed by atoms with Gasteiger partial charge in [-0.15, -0.1) is 0 Å². The van der Waals surface area contributed by atoms with Crippen LogP contribution in [0.15, 0.2) is 48.7 Å². The number of rotatable bonds is 6. The average molecular weight is 399 g/mol. The quantitative estimate of drug-likeness (QED) is 0.638. The molecule has 0 fully saturated rings. The van der Waals surface area contributed by atoms with E-state index in [2.05, 4.69) is 20.6 Å². The predicted molar refractivity (Wildman–Crippen MR) is 109 cm³/mol. The Kier molecular flexibility index (Phi) is 5.96. The third-order valence-electron chi connectivity index (χ3n) is 3.94. The molecule has 144 valence electrons. The summed E-state index contributed by atoms with van der Waals surface area (Å²) in [5.41, 5.74) is 2.34. The Morgan fingerprint density at radius 3 is 2.68 bits per heavy atom. The lowest BCUT2D eigenvalue weighted by molar-refractivity contribution is 0.102. The number of nitrogens with one attached hydrogen (secondary N) is 2. The molecule has 0 saturated heterocycles. The summed E-state index contributed by atoms with van der Waals surface area (Å²) in [6.07, 6.45) is 1.51. The van der Waals surface area contributed by atoms with E-state index in [1.807, 2.05) is 13.0 Å². The number of hydrogen-bond acceptors (Lipinski definition) is 6. The highest BCUT2D eigenvalue weighted by Gasteiger charge is 2.12. The van der Waals surface area contributed by atoms with E-state index in [-0.39, 0.29) is 17.5 Å². The molecule has 0 aliphatic rings. The summed E-state index contributed by atoms with van der Waals surface area (Å²) in [5.74, 6) is 1.09. The van der Waals surface area contributed by atoms with Crippen LogP contribution in [0.1, 0.15) is 16.1 Å². The van der Waals surface area contributed by atoms with Gasteiger partial charge in [0.05, 0.1) is 19.9 Å². The zero-order valence-electron chi connectivity index (χ0n) is 15.6. The maximum Gasteiger partial charge on any atom is 0.274 e. The number of halogens is 1. The van der Waals surface area contributed by atoms with Gasteiger partial charge in [-0.2, -0.15) is 0 Å². The van der Waals surface area contributed by atoms with E-state index in [1.54, 1.807) is 44.6 Å². The molecule has 1 heterocycles. The van der Waals surface area contributed by atoms with Crippen LogP contribution in [0.5, 0.6) is 11.5 Å². The van der Waals surface area contributed by atoms with E-state index in [4.69, 9.17) is 21.1 Å². The topological polar surface area (TPSA) is 85.4 Å². The summed E-state index contributed by atoms with van der Waals surface area (Å²) >= 11 is 6.13. The molecule has 0 aliphatic heterocycles. The minimum absolute atomic E-state index is 0.213. The van der Waals surface area contributed by atoms with E-state index < -0.39 is 0 Å². The molecule has 0 saturated carbocycles.